The molecule has 0 aromatic rings. The third-order valence-electron chi connectivity index (χ3n) is 6.51. The SMILES string of the molecule is C[C@]12CCC[C@@](C)(C(=O)O)[C@@H]1C[C@H](O)C1=CC(=O)CC[C@@H]12. The molecule has 2 saturated carbocycles. The maximum absolute atomic E-state index is 11.8. The van der Waals surface area contributed by atoms with Gasteiger partial charge in [-0.1, -0.05) is 13.3 Å². The summed E-state index contributed by atoms with van der Waals surface area (Å²) in [6.07, 6.45) is 5.29. The Morgan fingerprint density at radius 3 is 2.71 bits per heavy atom. The van der Waals surface area contributed by atoms with Gasteiger partial charge >= 0.3 is 5.97 Å². The van der Waals surface area contributed by atoms with Gasteiger partial charge in [0, 0.05) is 6.42 Å². The summed E-state index contributed by atoms with van der Waals surface area (Å²) in [5, 5.41) is 20.2. The first kappa shape index (κ1) is 14.8. The fraction of sp³-hybridized carbons (Fsp3) is 0.765. The first-order valence-electron chi connectivity index (χ1n) is 7.95. The largest absolute Gasteiger partial charge is 0.481 e. The molecule has 0 bridgehead atoms. The van der Waals surface area contributed by atoms with Crippen molar-refractivity contribution < 1.29 is 19.8 Å². The molecule has 2 N–H and O–H groups in total. The van der Waals surface area contributed by atoms with Gasteiger partial charge in [0.15, 0.2) is 5.78 Å². The summed E-state index contributed by atoms with van der Waals surface area (Å²) in [7, 11) is 0. The molecule has 0 spiro atoms. The predicted octanol–water partition coefficient (Wildman–Crippen LogP) is 2.55. The second-order valence-corrected chi connectivity index (χ2v) is 7.59. The summed E-state index contributed by atoms with van der Waals surface area (Å²) in [6, 6.07) is 0. The van der Waals surface area contributed by atoms with Crippen LogP contribution in [0.5, 0.6) is 0 Å². The molecule has 3 aliphatic carbocycles. The van der Waals surface area contributed by atoms with Gasteiger partial charge in [0.25, 0.3) is 0 Å². The number of hydrogen-bond donors (Lipinski definition) is 2. The summed E-state index contributed by atoms with van der Waals surface area (Å²) in [4.78, 5) is 23.5. The number of aliphatic carboxylic acids is 1. The topological polar surface area (TPSA) is 74.6 Å². The Morgan fingerprint density at radius 1 is 1.33 bits per heavy atom. The van der Waals surface area contributed by atoms with E-state index in [1.807, 2.05) is 6.92 Å². The summed E-state index contributed by atoms with van der Waals surface area (Å²) in [5.74, 6) is -0.520. The molecule has 0 aromatic carbocycles. The lowest BCUT2D eigenvalue weighted by Gasteiger charge is -2.59. The monoisotopic (exact) mass is 292 g/mol. The van der Waals surface area contributed by atoms with Crippen molar-refractivity contribution in [3.8, 4) is 0 Å². The van der Waals surface area contributed by atoms with Gasteiger partial charge in [0.05, 0.1) is 11.5 Å². The van der Waals surface area contributed by atoms with Crippen LogP contribution in [0, 0.1) is 22.7 Å². The van der Waals surface area contributed by atoms with Crippen LogP contribution in [0.15, 0.2) is 11.6 Å². The standard InChI is InChI=1S/C17H24O4/c1-16-6-3-7-17(2,15(20)21)14(16)9-13(19)11-8-10(18)4-5-12(11)16/h8,12-14,19H,3-7,9H2,1-2H3,(H,20,21)/t12-,13-,14+,16+,17+/m0/s1. The Bertz CT molecular complexity index is 523. The van der Waals surface area contributed by atoms with Gasteiger partial charge in [-0.3, -0.25) is 9.59 Å². The molecule has 0 radical (unpaired) electrons. The summed E-state index contributed by atoms with van der Waals surface area (Å²) < 4.78 is 0. The zero-order valence-corrected chi connectivity index (χ0v) is 12.8. The van der Waals surface area contributed by atoms with Crippen molar-refractivity contribution in [1.82, 2.24) is 0 Å². The average molecular weight is 292 g/mol. The third kappa shape index (κ3) is 1.99. The molecule has 5 atom stereocenters. The van der Waals surface area contributed by atoms with Crippen LogP contribution in [-0.2, 0) is 9.59 Å². The Kier molecular flexibility index (Phi) is 3.28. The van der Waals surface area contributed by atoms with Crippen molar-refractivity contribution in [1.29, 1.82) is 0 Å². The summed E-state index contributed by atoms with van der Waals surface area (Å²) in [6.45, 7) is 4.02. The molecule has 3 rings (SSSR count). The maximum atomic E-state index is 11.8. The van der Waals surface area contributed by atoms with E-state index in [0.29, 0.717) is 19.3 Å². The Balaban J connectivity index is 2.06. The lowest BCUT2D eigenvalue weighted by Crippen LogP contribution is -2.56. The first-order chi connectivity index (χ1) is 9.79. The number of carbonyl (C=O) groups is 2. The molecule has 0 heterocycles. The van der Waals surface area contributed by atoms with Crippen molar-refractivity contribution >= 4 is 11.8 Å². The Morgan fingerprint density at radius 2 is 2.05 bits per heavy atom. The van der Waals surface area contributed by atoms with E-state index in [4.69, 9.17) is 0 Å². The molecule has 0 saturated heterocycles. The molecule has 21 heavy (non-hydrogen) atoms. The highest BCUT2D eigenvalue weighted by Crippen LogP contribution is 2.62. The van der Waals surface area contributed by atoms with Crippen LogP contribution >= 0.6 is 0 Å². The maximum Gasteiger partial charge on any atom is 0.309 e. The van der Waals surface area contributed by atoms with Crippen LogP contribution in [0.3, 0.4) is 0 Å². The van der Waals surface area contributed by atoms with E-state index in [1.54, 1.807) is 6.08 Å². The van der Waals surface area contributed by atoms with Crippen molar-refractivity contribution in [2.75, 3.05) is 0 Å². The highest BCUT2D eigenvalue weighted by atomic mass is 16.4. The van der Waals surface area contributed by atoms with Gasteiger partial charge in [-0.25, -0.2) is 0 Å². The minimum Gasteiger partial charge on any atom is -0.481 e. The molecule has 116 valence electrons. The van der Waals surface area contributed by atoms with Gasteiger partial charge in [0.1, 0.15) is 0 Å². The van der Waals surface area contributed by atoms with Crippen molar-refractivity contribution in [3.05, 3.63) is 11.6 Å². The number of carbonyl (C=O) groups excluding carboxylic acids is 1. The zero-order valence-electron chi connectivity index (χ0n) is 12.8. The predicted molar refractivity (Wildman–Crippen MR) is 77.6 cm³/mol. The number of aliphatic hydroxyl groups is 1. The molecule has 0 aliphatic heterocycles. The van der Waals surface area contributed by atoms with E-state index in [2.05, 4.69) is 6.92 Å². The first-order valence-corrected chi connectivity index (χ1v) is 7.95. The zero-order chi connectivity index (χ0) is 15.4. The molecule has 2 fully saturated rings. The van der Waals surface area contributed by atoms with E-state index in [9.17, 15) is 19.8 Å². The third-order valence-corrected chi connectivity index (χ3v) is 6.51. The fourth-order valence-electron chi connectivity index (χ4n) is 5.33. The van der Waals surface area contributed by atoms with Gasteiger partial charge < -0.3 is 10.2 Å². The normalized spacial score (nSPS) is 46.3. The molecular weight excluding hydrogens is 268 g/mol. The lowest BCUT2D eigenvalue weighted by molar-refractivity contribution is -0.168. The van der Waals surface area contributed by atoms with Gasteiger partial charge in [-0.05, 0) is 61.5 Å². The summed E-state index contributed by atoms with van der Waals surface area (Å²) in [5.41, 5.74) is -0.0161. The second kappa shape index (κ2) is 4.67. The smallest absolute Gasteiger partial charge is 0.309 e. The molecule has 0 unspecified atom stereocenters. The second-order valence-electron chi connectivity index (χ2n) is 7.59. The van der Waals surface area contributed by atoms with E-state index in [-0.39, 0.29) is 23.0 Å². The van der Waals surface area contributed by atoms with Crippen LogP contribution in [-0.4, -0.2) is 28.1 Å². The molecule has 4 heteroatoms. The number of fused-ring (bicyclic) bond motifs is 3. The number of carboxylic acids is 1. The van der Waals surface area contributed by atoms with Gasteiger partial charge in [0.2, 0.25) is 0 Å². The van der Waals surface area contributed by atoms with E-state index < -0.39 is 17.5 Å². The number of carboxylic acid groups (broad SMARTS) is 1. The van der Waals surface area contributed by atoms with Gasteiger partial charge in [-0.15, -0.1) is 0 Å². The number of hydrogen-bond acceptors (Lipinski definition) is 3. The summed E-state index contributed by atoms with van der Waals surface area (Å²) >= 11 is 0. The molecule has 0 amide bonds. The van der Waals surface area contributed by atoms with Crippen LogP contribution in [0.2, 0.25) is 0 Å². The van der Waals surface area contributed by atoms with Crippen molar-refractivity contribution in [2.45, 2.75) is 58.5 Å². The van der Waals surface area contributed by atoms with Gasteiger partial charge in [-0.2, -0.15) is 0 Å². The number of aliphatic hydroxyl groups excluding tert-OH is 1. The Labute approximate surface area is 125 Å². The van der Waals surface area contributed by atoms with E-state index in [1.165, 1.54) is 0 Å². The van der Waals surface area contributed by atoms with Crippen LogP contribution in [0.25, 0.3) is 0 Å². The minimum atomic E-state index is -0.763. The Hall–Kier alpha value is -1.16. The van der Waals surface area contributed by atoms with E-state index in [0.717, 1.165) is 24.8 Å². The molecule has 4 nitrogen and oxygen atoms in total. The molecular formula is C17H24O4. The van der Waals surface area contributed by atoms with Crippen molar-refractivity contribution in [3.63, 3.8) is 0 Å². The quantitative estimate of drug-likeness (QED) is 0.779. The number of ketones is 1. The van der Waals surface area contributed by atoms with Crippen LogP contribution < -0.4 is 0 Å². The highest BCUT2D eigenvalue weighted by molar-refractivity contribution is 5.91. The van der Waals surface area contributed by atoms with Crippen molar-refractivity contribution in [2.24, 2.45) is 22.7 Å². The number of allylic oxidation sites excluding steroid dienone is 1. The fourth-order valence-corrected chi connectivity index (χ4v) is 5.33. The molecule has 3 aliphatic rings. The lowest BCUT2D eigenvalue weighted by atomic mass is 9.45. The minimum absolute atomic E-state index is 0.0263. The van der Waals surface area contributed by atoms with Crippen LogP contribution in [0.1, 0.15) is 52.4 Å². The van der Waals surface area contributed by atoms with E-state index >= 15 is 0 Å². The van der Waals surface area contributed by atoms with Crippen LogP contribution in [0.4, 0.5) is 0 Å². The molecule has 0 aromatic heterocycles. The average Bonchev–Trinajstić information content (AvgIpc) is 2.41. The highest BCUT2D eigenvalue weighted by Gasteiger charge is 2.59. The number of rotatable bonds is 1.